The number of amides is 1. The topological polar surface area (TPSA) is 38.3 Å². The highest BCUT2D eigenvalue weighted by atomic mass is 35.5. The van der Waals surface area contributed by atoms with Gasteiger partial charge in [0.15, 0.2) is 0 Å². The van der Waals surface area contributed by atoms with Gasteiger partial charge in [0.05, 0.1) is 12.7 Å². The SMILES string of the molecule is CC[C@H](C)NC(=O)c1cc(Cl)ccc1OC. The molecule has 88 valence electrons. The second-order valence-corrected chi connectivity index (χ2v) is 4.06. The fourth-order valence-corrected chi connectivity index (χ4v) is 1.43. The Hall–Kier alpha value is -1.22. The number of carbonyl (C=O) groups is 1. The summed E-state index contributed by atoms with van der Waals surface area (Å²) in [6.07, 6.45) is 0.884. The Kier molecular flexibility index (Phi) is 4.62. The van der Waals surface area contributed by atoms with Crippen molar-refractivity contribution in [3.63, 3.8) is 0 Å². The van der Waals surface area contributed by atoms with Crippen molar-refractivity contribution < 1.29 is 9.53 Å². The van der Waals surface area contributed by atoms with Crippen LogP contribution in [0.3, 0.4) is 0 Å². The minimum atomic E-state index is -0.159. The molecule has 0 radical (unpaired) electrons. The summed E-state index contributed by atoms with van der Waals surface area (Å²) in [5.41, 5.74) is 0.468. The molecule has 0 unspecified atom stereocenters. The molecular formula is C12H16ClNO2. The van der Waals surface area contributed by atoms with E-state index >= 15 is 0 Å². The first-order chi connectivity index (χ1) is 7.58. The number of methoxy groups -OCH3 is 1. The molecule has 16 heavy (non-hydrogen) atoms. The Morgan fingerprint density at radius 1 is 1.56 bits per heavy atom. The van der Waals surface area contributed by atoms with E-state index in [-0.39, 0.29) is 11.9 Å². The van der Waals surface area contributed by atoms with Crippen molar-refractivity contribution in [3.8, 4) is 5.75 Å². The smallest absolute Gasteiger partial charge is 0.255 e. The highest BCUT2D eigenvalue weighted by molar-refractivity contribution is 6.31. The lowest BCUT2D eigenvalue weighted by Crippen LogP contribution is -2.32. The molecule has 0 saturated heterocycles. The van der Waals surface area contributed by atoms with Crippen LogP contribution in [-0.4, -0.2) is 19.1 Å². The van der Waals surface area contributed by atoms with E-state index < -0.39 is 0 Å². The van der Waals surface area contributed by atoms with E-state index in [9.17, 15) is 4.79 Å². The van der Waals surface area contributed by atoms with E-state index in [1.807, 2.05) is 13.8 Å². The Labute approximate surface area is 101 Å². The van der Waals surface area contributed by atoms with Gasteiger partial charge in [-0.05, 0) is 31.5 Å². The molecule has 3 nitrogen and oxygen atoms in total. The molecule has 1 amide bonds. The van der Waals surface area contributed by atoms with Gasteiger partial charge in [-0.3, -0.25) is 4.79 Å². The molecule has 1 atom stereocenters. The second-order valence-electron chi connectivity index (χ2n) is 3.63. The zero-order chi connectivity index (χ0) is 12.1. The minimum Gasteiger partial charge on any atom is -0.496 e. The third-order valence-corrected chi connectivity index (χ3v) is 2.63. The Balaban J connectivity index is 2.93. The van der Waals surface area contributed by atoms with Gasteiger partial charge in [0.2, 0.25) is 0 Å². The summed E-state index contributed by atoms with van der Waals surface area (Å²) in [7, 11) is 1.53. The second kappa shape index (κ2) is 5.75. The number of hydrogen-bond donors (Lipinski definition) is 1. The summed E-state index contributed by atoms with van der Waals surface area (Å²) in [4.78, 5) is 11.9. The number of carbonyl (C=O) groups excluding carboxylic acids is 1. The van der Waals surface area contributed by atoms with E-state index in [2.05, 4.69) is 5.32 Å². The zero-order valence-electron chi connectivity index (χ0n) is 9.71. The van der Waals surface area contributed by atoms with Crippen LogP contribution in [0.1, 0.15) is 30.6 Å². The summed E-state index contributed by atoms with van der Waals surface area (Å²) >= 11 is 5.85. The van der Waals surface area contributed by atoms with Crippen molar-refractivity contribution in [3.05, 3.63) is 28.8 Å². The normalized spacial score (nSPS) is 12.0. The summed E-state index contributed by atoms with van der Waals surface area (Å²) < 4.78 is 5.12. The van der Waals surface area contributed by atoms with Gasteiger partial charge in [0, 0.05) is 11.1 Å². The Morgan fingerprint density at radius 2 is 2.25 bits per heavy atom. The maximum absolute atomic E-state index is 11.9. The lowest BCUT2D eigenvalue weighted by Gasteiger charge is -2.13. The molecule has 1 N–H and O–H groups in total. The largest absolute Gasteiger partial charge is 0.496 e. The molecule has 1 aromatic rings. The molecule has 0 aromatic heterocycles. The first kappa shape index (κ1) is 12.8. The molecule has 0 aliphatic rings. The van der Waals surface area contributed by atoms with Crippen LogP contribution in [0.15, 0.2) is 18.2 Å². The zero-order valence-corrected chi connectivity index (χ0v) is 10.5. The van der Waals surface area contributed by atoms with Crippen molar-refractivity contribution in [2.75, 3.05) is 7.11 Å². The molecule has 4 heteroatoms. The molecule has 1 rings (SSSR count). The first-order valence-electron chi connectivity index (χ1n) is 5.22. The summed E-state index contributed by atoms with van der Waals surface area (Å²) in [5.74, 6) is 0.374. The van der Waals surface area contributed by atoms with Crippen molar-refractivity contribution in [1.82, 2.24) is 5.32 Å². The average Bonchev–Trinajstić information content (AvgIpc) is 2.28. The molecule has 0 saturated carbocycles. The number of hydrogen-bond acceptors (Lipinski definition) is 2. The van der Waals surface area contributed by atoms with Crippen molar-refractivity contribution in [1.29, 1.82) is 0 Å². The fourth-order valence-electron chi connectivity index (χ4n) is 1.26. The Bertz CT molecular complexity index is 379. The lowest BCUT2D eigenvalue weighted by atomic mass is 10.1. The standard InChI is InChI=1S/C12H16ClNO2/c1-4-8(2)14-12(15)10-7-9(13)5-6-11(10)16-3/h5-8H,4H2,1-3H3,(H,14,15)/t8-/m0/s1. The minimum absolute atomic E-state index is 0.135. The van der Waals surface area contributed by atoms with Crippen LogP contribution in [0.25, 0.3) is 0 Å². The van der Waals surface area contributed by atoms with Crippen LogP contribution in [0.2, 0.25) is 5.02 Å². The van der Waals surface area contributed by atoms with E-state index in [4.69, 9.17) is 16.3 Å². The number of nitrogens with one attached hydrogen (secondary N) is 1. The van der Waals surface area contributed by atoms with Crippen LogP contribution in [0.5, 0.6) is 5.75 Å². The first-order valence-corrected chi connectivity index (χ1v) is 5.60. The highest BCUT2D eigenvalue weighted by Gasteiger charge is 2.14. The number of benzene rings is 1. The van der Waals surface area contributed by atoms with Crippen molar-refractivity contribution >= 4 is 17.5 Å². The lowest BCUT2D eigenvalue weighted by molar-refractivity contribution is 0.0936. The van der Waals surface area contributed by atoms with Crippen LogP contribution >= 0.6 is 11.6 Å². The third kappa shape index (κ3) is 3.14. The Morgan fingerprint density at radius 3 is 2.81 bits per heavy atom. The number of rotatable bonds is 4. The van der Waals surface area contributed by atoms with Gasteiger partial charge in [-0.2, -0.15) is 0 Å². The maximum Gasteiger partial charge on any atom is 0.255 e. The molecule has 0 bridgehead atoms. The van der Waals surface area contributed by atoms with Gasteiger partial charge >= 0.3 is 0 Å². The summed E-state index contributed by atoms with van der Waals surface area (Å²) in [6, 6.07) is 5.13. The van der Waals surface area contributed by atoms with E-state index in [1.165, 1.54) is 7.11 Å². The van der Waals surface area contributed by atoms with Crippen LogP contribution in [-0.2, 0) is 0 Å². The molecule has 0 heterocycles. The number of ether oxygens (including phenoxy) is 1. The quantitative estimate of drug-likeness (QED) is 0.880. The van der Waals surface area contributed by atoms with Gasteiger partial charge in [0.25, 0.3) is 5.91 Å². The van der Waals surface area contributed by atoms with Crippen molar-refractivity contribution in [2.45, 2.75) is 26.3 Å². The van der Waals surface area contributed by atoms with Gasteiger partial charge in [0.1, 0.15) is 5.75 Å². The maximum atomic E-state index is 11.9. The van der Waals surface area contributed by atoms with E-state index in [0.29, 0.717) is 16.3 Å². The summed E-state index contributed by atoms with van der Waals surface area (Å²) in [6.45, 7) is 3.97. The molecule has 1 aromatic carbocycles. The fraction of sp³-hybridized carbons (Fsp3) is 0.417. The highest BCUT2D eigenvalue weighted by Crippen LogP contribution is 2.22. The monoisotopic (exact) mass is 241 g/mol. The average molecular weight is 242 g/mol. The van der Waals surface area contributed by atoms with Crippen LogP contribution in [0, 0.1) is 0 Å². The van der Waals surface area contributed by atoms with Crippen molar-refractivity contribution in [2.24, 2.45) is 0 Å². The van der Waals surface area contributed by atoms with E-state index in [1.54, 1.807) is 18.2 Å². The predicted molar refractivity (Wildman–Crippen MR) is 65.2 cm³/mol. The van der Waals surface area contributed by atoms with Crippen LogP contribution in [0.4, 0.5) is 0 Å². The molecule has 0 spiro atoms. The molecule has 0 aliphatic heterocycles. The van der Waals surface area contributed by atoms with Gasteiger partial charge in [-0.25, -0.2) is 0 Å². The van der Waals surface area contributed by atoms with E-state index in [0.717, 1.165) is 6.42 Å². The van der Waals surface area contributed by atoms with Gasteiger partial charge < -0.3 is 10.1 Å². The predicted octanol–water partition coefficient (Wildman–Crippen LogP) is 2.88. The van der Waals surface area contributed by atoms with Gasteiger partial charge in [-0.15, -0.1) is 0 Å². The molecular weight excluding hydrogens is 226 g/mol. The number of halogens is 1. The third-order valence-electron chi connectivity index (χ3n) is 2.40. The molecule has 0 aliphatic carbocycles. The van der Waals surface area contributed by atoms with Crippen LogP contribution < -0.4 is 10.1 Å². The summed E-state index contributed by atoms with van der Waals surface area (Å²) in [5, 5.41) is 3.39. The van der Waals surface area contributed by atoms with Gasteiger partial charge in [-0.1, -0.05) is 18.5 Å². The molecule has 0 fully saturated rings.